The number of rotatable bonds is 6. The van der Waals surface area contributed by atoms with Crippen molar-refractivity contribution >= 4 is 23.4 Å². The van der Waals surface area contributed by atoms with Crippen LogP contribution in [0.1, 0.15) is 42.2 Å². The number of carbonyl (C=O) groups is 2. The van der Waals surface area contributed by atoms with Gasteiger partial charge in [-0.25, -0.2) is 0 Å². The largest absolute Gasteiger partial charge is 0.494 e. The van der Waals surface area contributed by atoms with Gasteiger partial charge in [0.15, 0.2) is 0 Å². The Morgan fingerprint density at radius 1 is 1.28 bits per heavy atom. The highest BCUT2D eigenvalue weighted by atomic mass is 35.5. The summed E-state index contributed by atoms with van der Waals surface area (Å²) >= 11 is 5.92. The number of amides is 2. The molecular formula is C22H25ClN2O4. The molecule has 1 heterocycles. The molecule has 0 spiro atoms. The number of β-amino-alcohol motifs (C(OH)–C–C–N with tert-alkyl or cyclic N) is 1. The minimum atomic E-state index is -0.740. The number of aliphatic hydroxyl groups is 1. The summed E-state index contributed by atoms with van der Waals surface area (Å²) in [7, 11) is 0. The Balaban J connectivity index is 1.73. The van der Waals surface area contributed by atoms with Gasteiger partial charge in [-0.05, 0) is 49.7 Å². The van der Waals surface area contributed by atoms with Crippen LogP contribution in [0.4, 0.5) is 0 Å². The average Bonchev–Trinajstić information content (AvgIpc) is 3.10. The molecule has 154 valence electrons. The second kappa shape index (κ2) is 9.29. The van der Waals surface area contributed by atoms with Gasteiger partial charge in [0.05, 0.1) is 18.8 Å². The number of nitrogens with zero attached hydrogens (tertiary/aromatic N) is 1. The Kier molecular flexibility index (Phi) is 6.77. The molecule has 2 N–H and O–H groups in total. The van der Waals surface area contributed by atoms with Crippen molar-refractivity contribution in [2.24, 2.45) is 0 Å². The number of hydrogen-bond acceptors (Lipinski definition) is 4. The first-order valence-corrected chi connectivity index (χ1v) is 10.0. The second-order valence-corrected chi connectivity index (χ2v) is 7.54. The van der Waals surface area contributed by atoms with E-state index in [1.54, 1.807) is 36.4 Å². The van der Waals surface area contributed by atoms with Crippen LogP contribution in [-0.2, 0) is 4.79 Å². The summed E-state index contributed by atoms with van der Waals surface area (Å²) in [5.41, 5.74) is 1.33. The van der Waals surface area contributed by atoms with E-state index in [0.717, 1.165) is 5.56 Å². The third-order valence-electron chi connectivity index (χ3n) is 4.96. The third-order valence-corrected chi connectivity index (χ3v) is 5.22. The molecule has 0 saturated carbocycles. The Morgan fingerprint density at radius 3 is 2.69 bits per heavy atom. The van der Waals surface area contributed by atoms with Gasteiger partial charge in [0, 0.05) is 23.6 Å². The van der Waals surface area contributed by atoms with Gasteiger partial charge in [0.1, 0.15) is 11.8 Å². The highest BCUT2D eigenvalue weighted by molar-refractivity contribution is 6.30. The van der Waals surface area contributed by atoms with E-state index in [1.165, 1.54) is 4.90 Å². The molecule has 3 rings (SSSR count). The molecule has 2 amide bonds. The molecular weight excluding hydrogens is 392 g/mol. The predicted molar refractivity (Wildman–Crippen MR) is 111 cm³/mol. The van der Waals surface area contributed by atoms with E-state index in [-0.39, 0.29) is 30.8 Å². The first-order chi connectivity index (χ1) is 13.9. The molecule has 1 saturated heterocycles. The SMILES string of the molecule is CCOc1cccc(C(=O)N2CC(O)CC2C(=O)NC(C)c2ccc(Cl)cc2)c1. The summed E-state index contributed by atoms with van der Waals surface area (Å²) in [6.45, 7) is 4.34. The molecule has 2 aromatic rings. The fourth-order valence-corrected chi connectivity index (χ4v) is 3.61. The molecule has 1 aliphatic heterocycles. The van der Waals surface area contributed by atoms with Gasteiger partial charge in [0.2, 0.25) is 5.91 Å². The van der Waals surface area contributed by atoms with Gasteiger partial charge >= 0.3 is 0 Å². The number of nitrogens with one attached hydrogen (secondary N) is 1. The number of likely N-dealkylation sites (tertiary alicyclic amines) is 1. The summed E-state index contributed by atoms with van der Waals surface area (Å²) in [4.78, 5) is 27.3. The normalized spacial score (nSPS) is 19.7. The maximum absolute atomic E-state index is 13.0. The van der Waals surface area contributed by atoms with E-state index in [9.17, 15) is 14.7 Å². The molecule has 29 heavy (non-hydrogen) atoms. The second-order valence-electron chi connectivity index (χ2n) is 7.11. The first kappa shape index (κ1) is 21.1. The average molecular weight is 417 g/mol. The van der Waals surface area contributed by atoms with Crippen molar-refractivity contribution in [3.8, 4) is 5.75 Å². The molecule has 2 aromatic carbocycles. The highest BCUT2D eigenvalue weighted by Crippen LogP contribution is 2.24. The molecule has 0 aliphatic carbocycles. The molecule has 1 fully saturated rings. The standard InChI is InChI=1S/C22H25ClN2O4/c1-3-29-19-6-4-5-16(11-19)22(28)25-13-18(26)12-20(25)21(27)24-14(2)15-7-9-17(23)10-8-15/h4-11,14,18,20,26H,3,12-13H2,1-2H3,(H,24,27). The van der Waals surface area contributed by atoms with Crippen LogP contribution in [0.25, 0.3) is 0 Å². The van der Waals surface area contributed by atoms with Crippen LogP contribution in [0.5, 0.6) is 5.75 Å². The van der Waals surface area contributed by atoms with Crippen molar-refractivity contribution in [1.29, 1.82) is 0 Å². The third kappa shape index (κ3) is 5.08. The van der Waals surface area contributed by atoms with Crippen LogP contribution in [0.3, 0.4) is 0 Å². The van der Waals surface area contributed by atoms with Crippen molar-refractivity contribution in [3.63, 3.8) is 0 Å². The van der Waals surface area contributed by atoms with Crippen molar-refractivity contribution < 1.29 is 19.4 Å². The first-order valence-electron chi connectivity index (χ1n) is 9.66. The lowest BCUT2D eigenvalue weighted by Gasteiger charge is -2.25. The van der Waals surface area contributed by atoms with E-state index >= 15 is 0 Å². The van der Waals surface area contributed by atoms with Crippen LogP contribution >= 0.6 is 11.6 Å². The minimum absolute atomic E-state index is 0.116. The molecule has 1 aliphatic rings. The Labute approximate surface area is 175 Å². The molecule has 6 nitrogen and oxygen atoms in total. The van der Waals surface area contributed by atoms with Gasteiger partial charge in [0.25, 0.3) is 5.91 Å². The van der Waals surface area contributed by atoms with Crippen molar-refractivity contribution in [1.82, 2.24) is 10.2 Å². The number of aliphatic hydroxyl groups excluding tert-OH is 1. The summed E-state index contributed by atoms with van der Waals surface area (Å²) in [5.74, 6) is -0.00355. The van der Waals surface area contributed by atoms with Crippen LogP contribution < -0.4 is 10.1 Å². The molecule has 0 bridgehead atoms. The highest BCUT2D eigenvalue weighted by Gasteiger charge is 2.39. The number of benzene rings is 2. The predicted octanol–water partition coefficient (Wildman–Crippen LogP) is 3.19. The molecule has 3 unspecified atom stereocenters. The number of ether oxygens (including phenoxy) is 1. The van der Waals surface area contributed by atoms with Crippen LogP contribution in [0, 0.1) is 0 Å². The molecule has 7 heteroatoms. The van der Waals surface area contributed by atoms with Gasteiger partial charge < -0.3 is 20.1 Å². The fourth-order valence-electron chi connectivity index (χ4n) is 3.48. The lowest BCUT2D eigenvalue weighted by molar-refractivity contribution is -0.125. The van der Waals surface area contributed by atoms with Crippen LogP contribution in [0.2, 0.25) is 5.02 Å². The zero-order chi connectivity index (χ0) is 21.0. The van der Waals surface area contributed by atoms with E-state index in [4.69, 9.17) is 16.3 Å². The van der Waals surface area contributed by atoms with Crippen molar-refractivity contribution in [3.05, 3.63) is 64.7 Å². The summed E-state index contributed by atoms with van der Waals surface area (Å²) in [6.07, 6.45) is -0.536. The summed E-state index contributed by atoms with van der Waals surface area (Å²) in [5, 5.41) is 13.7. The smallest absolute Gasteiger partial charge is 0.254 e. The Bertz CT molecular complexity index is 871. The minimum Gasteiger partial charge on any atom is -0.494 e. The number of hydrogen-bond donors (Lipinski definition) is 2. The van der Waals surface area contributed by atoms with Crippen LogP contribution in [0.15, 0.2) is 48.5 Å². The fraction of sp³-hybridized carbons (Fsp3) is 0.364. The van der Waals surface area contributed by atoms with Crippen molar-refractivity contribution in [2.45, 2.75) is 38.5 Å². The topological polar surface area (TPSA) is 78.9 Å². The molecule has 0 radical (unpaired) electrons. The lowest BCUT2D eigenvalue weighted by atomic mass is 10.1. The Hall–Kier alpha value is -2.57. The van der Waals surface area contributed by atoms with Gasteiger partial charge in [-0.2, -0.15) is 0 Å². The number of halogens is 1. The van der Waals surface area contributed by atoms with E-state index in [2.05, 4.69) is 5.32 Å². The quantitative estimate of drug-likeness (QED) is 0.758. The Morgan fingerprint density at radius 2 is 2.00 bits per heavy atom. The monoisotopic (exact) mass is 416 g/mol. The van der Waals surface area contributed by atoms with Gasteiger partial charge in [-0.15, -0.1) is 0 Å². The maximum atomic E-state index is 13.0. The van der Waals surface area contributed by atoms with Crippen molar-refractivity contribution in [2.75, 3.05) is 13.2 Å². The van der Waals surface area contributed by atoms with Gasteiger partial charge in [-0.3, -0.25) is 9.59 Å². The lowest BCUT2D eigenvalue weighted by Crippen LogP contribution is -2.46. The maximum Gasteiger partial charge on any atom is 0.254 e. The van der Waals surface area contributed by atoms with Crippen LogP contribution in [-0.4, -0.2) is 47.1 Å². The summed E-state index contributed by atoms with van der Waals surface area (Å²) in [6, 6.07) is 13.1. The van der Waals surface area contributed by atoms with E-state index < -0.39 is 12.1 Å². The zero-order valence-corrected chi connectivity index (χ0v) is 17.2. The summed E-state index contributed by atoms with van der Waals surface area (Å²) < 4.78 is 5.46. The van der Waals surface area contributed by atoms with E-state index in [1.807, 2.05) is 26.0 Å². The molecule has 0 aromatic heterocycles. The number of carbonyl (C=O) groups excluding carboxylic acids is 2. The van der Waals surface area contributed by atoms with Gasteiger partial charge in [-0.1, -0.05) is 29.8 Å². The molecule has 3 atom stereocenters. The van der Waals surface area contributed by atoms with E-state index in [0.29, 0.717) is 22.9 Å². The zero-order valence-electron chi connectivity index (χ0n) is 16.5.